The van der Waals surface area contributed by atoms with Gasteiger partial charge in [0.05, 0.1) is 4.90 Å². The van der Waals surface area contributed by atoms with Gasteiger partial charge in [0.2, 0.25) is 10.0 Å². The van der Waals surface area contributed by atoms with Crippen LogP contribution < -0.4 is 0 Å². The van der Waals surface area contributed by atoms with E-state index in [1.807, 2.05) is 12.1 Å². The van der Waals surface area contributed by atoms with Gasteiger partial charge in [0, 0.05) is 29.7 Å². The zero-order valence-corrected chi connectivity index (χ0v) is 13.3. The fourth-order valence-corrected chi connectivity index (χ4v) is 3.82. The average molecular weight is 380 g/mol. The summed E-state index contributed by atoms with van der Waals surface area (Å²) in [5, 5.41) is 0. The quantitative estimate of drug-likeness (QED) is 0.749. The molecule has 1 aliphatic heterocycles. The van der Waals surface area contributed by atoms with Crippen LogP contribution in [0.4, 0.5) is 0 Å². The van der Waals surface area contributed by atoms with E-state index in [4.69, 9.17) is 0 Å². The van der Waals surface area contributed by atoms with Gasteiger partial charge in [-0.05, 0) is 53.4 Å². The van der Waals surface area contributed by atoms with Crippen molar-refractivity contribution in [2.75, 3.05) is 32.7 Å². The first-order chi connectivity index (χ1) is 8.54. The highest BCUT2D eigenvalue weighted by atomic mass is 127. The third-order valence-electron chi connectivity index (χ3n) is 3.23. The summed E-state index contributed by atoms with van der Waals surface area (Å²) in [5.41, 5.74) is 0. The molecule has 0 aliphatic carbocycles. The first-order valence-electron chi connectivity index (χ1n) is 6.02. The predicted molar refractivity (Wildman–Crippen MR) is 80.0 cm³/mol. The number of hydrogen-bond donors (Lipinski definition) is 0. The minimum Gasteiger partial charge on any atom is -0.301 e. The van der Waals surface area contributed by atoms with Crippen molar-refractivity contribution in [1.29, 1.82) is 0 Å². The highest BCUT2D eigenvalue weighted by Gasteiger charge is 2.27. The third kappa shape index (κ3) is 3.04. The second-order valence-electron chi connectivity index (χ2n) is 4.29. The topological polar surface area (TPSA) is 40.6 Å². The summed E-state index contributed by atoms with van der Waals surface area (Å²) in [6.45, 7) is 5.89. The van der Waals surface area contributed by atoms with Gasteiger partial charge in [0.15, 0.2) is 0 Å². The lowest BCUT2D eigenvalue weighted by Crippen LogP contribution is -2.48. The number of nitrogens with zero attached hydrogens (tertiary/aromatic N) is 2. The van der Waals surface area contributed by atoms with Crippen molar-refractivity contribution in [2.45, 2.75) is 11.8 Å². The summed E-state index contributed by atoms with van der Waals surface area (Å²) >= 11 is 2.17. The van der Waals surface area contributed by atoms with Crippen LogP contribution in [0.5, 0.6) is 0 Å². The van der Waals surface area contributed by atoms with Crippen molar-refractivity contribution < 1.29 is 8.42 Å². The molecule has 1 aliphatic rings. The van der Waals surface area contributed by atoms with Crippen molar-refractivity contribution in [3.05, 3.63) is 27.8 Å². The molecule has 4 nitrogen and oxygen atoms in total. The van der Waals surface area contributed by atoms with E-state index in [1.165, 1.54) is 0 Å². The van der Waals surface area contributed by atoms with Gasteiger partial charge in [-0.1, -0.05) is 6.92 Å². The minimum absolute atomic E-state index is 0.396. The van der Waals surface area contributed by atoms with Crippen LogP contribution in [0.2, 0.25) is 0 Å². The fourth-order valence-electron chi connectivity index (χ4n) is 2.04. The molecule has 0 aromatic heterocycles. The Morgan fingerprint density at radius 1 is 1.11 bits per heavy atom. The Bertz CT molecular complexity index is 493. The van der Waals surface area contributed by atoms with Gasteiger partial charge < -0.3 is 4.90 Å². The predicted octanol–water partition coefficient (Wildman–Crippen LogP) is 1.62. The summed E-state index contributed by atoms with van der Waals surface area (Å²) in [5.74, 6) is 0. The van der Waals surface area contributed by atoms with Crippen LogP contribution in [0.15, 0.2) is 29.2 Å². The highest BCUT2D eigenvalue weighted by molar-refractivity contribution is 14.1. The largest absolute Gasteiger partial charge is 0.301 e. The summed E-state index contributed by atoms with van der Waals surface area (Å²) in [6, 6.07) is 7.03. The van der Waals surface area contributed by atoms with E-state index in [-0.39, 0.29) is 0 Å². The molecule has 1 fully saturated rings. The van der Waals surface area contributed by atoms with E-state index in [0.717, 1.165) is 23.2 Å². The molecule has 18 heavy (non-hydrogen) atoms. The molecule has 0 radical (unpaired) electrons. The molecule has 0 spiro atoms. The molecule has 1 aromatic rings. The maximum absolute atomic E-state index is 12.4. The molecule has 0 atom stereocenters. The van der Waals surface area contributed by atoms with Gasteiger partial charge in [0.25, 0.3) is 0 Å². The molecule has 0 saturated carbocycles. The van der Waals surface area contributed by atoms with E-state index in [9.17, 15) is 8.42 Å². The summed E-state index contributed by atoms with van der Waals surface area (Å²) in [7, 11) is -3.31. The third-order valence-corrected chi connectivity index (χ3v) is 5.86. The molecule has 0 unspecified atom stereocenters. The van der Waals surface area contributed by atoms with Crippen LogP contribution in [0.25, 0.3) is 0 Å². The number of rotatable bonds is 3. The van der Waals surface area contributed by atoms with E-state index in [2.05, 4.69) is 34.4 Å². The standard InChI is InChI=1S/C12H17IN2O2S/c1-2-14-7-9-15(10-8-14)18(16,17)12-5-3-11(13)4-6-12/h3-6H,2,7-10H2,1H3. The van der Waals surface area contributed by atoms with Crippen LogP contribution in [0.1, 0.15) is 6.92 Å². The van der Waals surface area contributed by atoms with Crippen molar-refractivity contribution in [2.24, 2.45) is 0 Å². The summed E-state index contributed by atoms with van der Waals surface area (Å²) in [4.78, 5) is 2.66. The monoisotopic (exact) mass is 380 g/mol. The maximum atomic E-state index is 12.4. The molecule has 0 N–H and O–H groups in total. The van der Waals surface area contributed by atoms with Gasteiger partial charge >= 0.3 is 0 Å². The molecule has 100 valence electrons. The second kappa shape index (κ2) is 5.85. The van der Waals surface area contributed by atoms with Gasteiger partial charge in [0.1, 0.15) is 0 Å². The lowest BCUT2D eigenvalue weighted by molar-refractivity contribution is 0.196. The molecule has 1 saturated heterocycles. The molecule has 2 rings (SSSR count). The summed E-state index contributed by atoms with van der Waals surface area (Å²) in [6.07, 6.45) is 0. The van der Waals surface area contributed by atoms with E-state index in [0.29, 0.717) is 18.0 Å². The highest BCUT2D eigenvalue weighted by Crippen LogP contribution is 2.18. The molecule has 0 bridgehead atoms. The van der Waals surface area contributed by atoms with Gasteiger partial charge in [-0.15, -0.1) is 0 Å². The van der Waals surface area contributed by atoms with E-state index in [1.54, 1.807) is 16.4 Å². The van der Waals surface area contributed by atoms with Crippen LogP contribution in [-0.2, 0) is 10.0 Å². The number of sulfonamides is 1. The zero-order chi connectivity index (χ0) is 13.2. The molecule has 6 heteroatoms. The molecule has 1 heterocycles. The Hall–Kier alpha value is -0.180. The summed E-state index contributed by atoms with van der Waals surface area (Å²) < 4.78 is 27.4. The number of likely N-dealkylation sites (N-methyl/N-ethyl adjacent to an activating group) is 1. The number of halogens is 1. The van der Waals surface area contributed by atoms with E-state index >= 15 is 0 Å². The Morgan fingerprint density at radius 3 is 2.17 bits per heavy atom. The lowest BCUT2D eigenvalue weighted by Gasteiger charge is -2.33. The van der Waals surface area contributed by atoms with Gasteiger partial charge in [-0.2, -0.15) is 4.31 Å². The minimum atomic E-state index is -3.31. The Labute approximate surface area is 122 Å². The average Bonchev–Trinajstić information content (AvgIpc) is 2.39. The Balaban J connectivity index is 2.15. The van der Waals surface area contributed by atoms with Crippen LogP contribution >= 0.6 is 22.6 Å². The first kappa shape index (κ1) is 14.2. The van der Waals surface area contributed by atoms with E-state index < -0.39 is 10.0 Å². The van der Waals surface area contributed by atoms with Crippen molar-refractivity contribution >= 4 is 32.6 Å². The fraction of sp³-hybridized carbons (Fsp3) is 0.500. The molecule has 1 aromatic carbocycles. The smallest absolute Gasteiger partial charge is 0.243 e. The van der Waals surface area contributed by atoms with Crippen LogP contribution in [0.3, 0.4) is 0 Å². The van der Waals surface area contributed by atoms with Crippen molar-refractivity contribution in [3.8, 4) is 0 Å². The van der Waals surface area contributed by atoms with Crippen LogP contribution in [-0.4, -0.2) is 50.3 Å². The number of benzene rings is 1. The van der Waals surface area contributed by atoms with Crippen LogP contribution in [0, 0.1) is 3.57 Å². The zero-order valence-electron chi connectivity index (χ0n) is 10.3. The first-order valence-corrected chi connectivity index (χ1v) is 8.54. The van der Waals surface area contributed by atoms with Crippen molar-refractivity contribution in [1.82, 2.24) is 9.21 Å². The molecular formula is C12H17IN2O2S. The van der Waals surface area contributed by atoms with Gasteiger partial charge in [-0.25, -0.2) is 8.42 Å². The molecule has 0 amide bonds. The Morgan fingerprint density at radius 2 is 1.67 bits per heavy atom. The maximum Gasteiger partial charge on any atom is 0.243 e. The lowest BCUT2D eigenvalue weighted by atomic mass is 10.4. The second-order valence-corrected chi connectivity index (χ2v) is 7.48. The Kier molecular flexibility index (Phi) is 4.63. The number of piperazine rings is 1. The SMILES string of the molecule is CCN1CCN(S(=O)(=O)c2ccc(I)cc2)CC1. The molecular weight excluding hydrogens is 363 g/mol. The normalized spacial score (nSPS) is 19.0. The number of hydrogen-bond acceptors (Lipinski definition) is 3. The van der Waals surface area contributed by atoms with Gasteiger partial charge in [-0.3, -0.25) is 0 Å². The van der Waals surface area contributed by atoms with Crippen molar-refractivity contribution in [3.63, 3.8) is 0 Å².